The summed E-state index contributed by atoms with van der Waals surface area (Å²) in [5, 5.41) is 0. The fourth-order valence-corrected chi connectivity index (χ4v) is 1.84. The van der Waals surface area contributed by atoms with E-state index < -0.39 is 0 Å². The third kappa shape index (κ3) is 9.67. The maximum atomic E-state index is 3.81. The van der Waals surface area contributed by atoms with E-state index in [-0.39, 0.29) is 0 Å². The van der Waals surface area contributed by atoms with Crippen molar-refractivity contribution in [1.82, 2.24) is 0 Å². The summed E-state index contributed by atoms with van der Waals surface area (Å²) in [6, 6.07) is 0. The Balaban J connectivity index is 4.73. The molecule has 0 fully saturated rings. The van der Waals surface area contributed by atoms with Crippen LogP contribution in [0.4, 0.5) is 0 Å². The standard InChI is InChI=1S/C21H30/c1-8-10-12-17(3)13-11-14-18(4)15-19(5)16-21(7)20(6)9-2/h8-13,15-16H,2,14H2,1,3-7H3/b10-8+,13-11+,17-12-,18-15+,19-16+,21-20-. The fraction of sp³-hybridized carbons (Fsp3) is 0.333. The van der Waals surface area contributed by atoms with Gasteiger partial charge in [-0.2, -0.15) is 0 Å². The van der Waals surface area contributed by atoms with Crippen LogP contribution in [0.15, 0.2) is 83.1 Å². The van der Waals surface area contributed by atoms with Gasteiger partial charge in [0, 0.05) is 0 Å². The van der Waals surface area contributed by atoms with Crippen LogP contribution in [0.5, 0.6) is 0 Å². The summed E-state index contributed by atoms with van der Waals surface area (Å²) in [4.78, 5) is 0. The van der Waals surface area contributed by atoms with Crippen molar-refractivity contribution in [2.45, 2.75) is 48.0 Å². The van der Waals surface area contributed by atoms with Crippen LogP contribution < -0.4 is 0 Å². The first-order valence-electron chi connectivity index (χ1n) is 7.52. The third-order valence-electron chi connectivity index (χ3n) is 3.22. The van der Waals surface area contributed by atoms with E-state index in [0.717, 1.165) is 6.42 Å². The molecule has 0 aliphatic heterocycles. The smallest absolute Gasteiger partial charge is 0.0135 e. The zero-order valence-electron chi connectivity index (χ0n) is 14.5. The molecule has 0 heterocycles. The number of hydrogen-bond acceptors (Lipinski definition) is 0. The van der Waals surface area contributed by atoms with Gasteiger partial charge in [-0.3, -0.25) is 0 Å². The lowest BCUT2D eigenvalue weighted by atomic mass is 10.1. The number of rotatable bonds is 7. The monoisotopic (exact) mass is 282 g/mol. The summed E-state index contributed by atoms with van der Waals surface area (Å²) in [5.74, 6) is 0. The molecule has 0 aromatic heterocycles. The molecule has 0 aromatic rings. The molecule has 0 aliphatic carbocycles. The molecular formula is C21H30. The van der Waals surface area contributed by atoms with Crippen LogP contribution in [0.3, 0.4) is 0 Å². The summed E-state index contributed by atoms with van der Waals surface area (Å²) in [5.41, 5.74) is 6.41. The molecule has 0 spiro atoms. The Bertz CT molecular complexity index is 514. The molecule has 0 rings (SSSR count). The second-order valence-electron chi connectivity index (χ2n) is 5.49. The Morgan fingerprint density at radius 1 is 0.905 bits per heavy atom. The molecule has 0 bridgehead atoms. The predicted octanol–water partition coefficient (Wildman–Crippen LogP) is 6.87. The van der Waals surface area contributed by atoms with Gasteiger partial charge in [-0.05, 0) is 59.1 Å². The normalized spacial score (nSPS) is 15.8. The van der Waals surface area contributed by atoms with Crippen molar-refractivity contribution in [2.24, 2.45) is 0 Å². The zero-order chi connectivity index (χ0) is 16.3. The van der Waals surface area contributed by atoms with Gasteiger partial charge in [0.2, 0.25) is 0 Å². The maximum absolute atomic E-state index is 3.81. The quantitative estimate of drug-likeness (QED) is 0.447. The fourth-order valence-electron chi connectivity index (χ4n) is 1.84. The van der Waals surface area contributed by atoms with E-state index in [1.807, 2.05) is 19.1 Å². The Kier molecular flexibility index (Phi) is 9.96. The molecule has 114 valence electrons. The molecule has 0 radical (unpaired) electrons. The van der Waals surface area contributed by atoms with Gasteiger partial charge in [0.15, 0.2) is 0 Å². The van der Waals surface area contributed by atoms with Crippen LogP contribution in [-0.4, -0.2) is 0 Å². The first-order chi connectivity index (χ1) is 9.90. The Hall–Kier alpha value is -1.82. The lowest BCUT2D eigenvalue weighted by Gasteiger charge is -2.01. The summed E-state index contributed by atoms with van der Waals surface area (Å²) >= 11 is 0. The lowest BCUT2D eigenvalue weighted by Crippen LogP contribution is -1.80. The van der Waals surface area contributed by atoms with E-state index in [1.165, 1.54) is 27.9 Å². The second kappa shape index (κ2) is 10.9. The highest BCUT2D eigenvalue weighted by molar-refractivity contribution is 5.35. The molecule has 0 aromatic carbocycles. The lowest BCUT2D eigenvalue weighted by molar-refractivity contribution is 1.19. The van der Waals surface area contributed by atoms with Crippen molar-refractivity contribution in [3.8, 4) is 0 Å². The third-order valence-corrected chi connectivity index (χ3v) is 3.22. The van der Waals surface area contributed by atoms with E-state index in [9.17, 15) is 0 Å². The van der Waals surface area contributed by atoms with E-state index in [0.29, 0.717) is 0 Å². The van der Waals surface area contributed by atoms with E-state index in [4.69, 9.17) is 0 Å². The average molecular weight is 282 g/mol. The van der Waals surface area contributed by atoms with Crippen molar-refractivity contribution in [2.75, 3.05) is 0 Å². The minimum Gasteiger partial charge on any atom is -0.0988 e. The minimum atomic E-state index is 0.982. The molecule has 0 unspecified atom stereocenters. The van der Waals surface area contributed by atoms with Crippen molar-refractivity contribution >= 4 is 0 Å². The van der Waals surface area contributed by atoms with Crippen molar-refractivity contribution in [1.29, 1.82) is 0 Å². The molecule has 0 amide bonds. The molecule has 0 saturated carbocycles. The first kappa shape index (κ1) is 19.2. The maximum Gasteiger partial charge on any atom is -0.0135 e. The summed E-state index contributed by atoms with van der Waals surface area (Å²) in [7, 11) is 0. The van der Waals surface area contributed by atoms with Gasteiger partial charge in [0.1, 0.15) is 0 Å². The summed E-state index contributed by atoms with van der Waals surface area (Å²) in [6.45, 7) is 16.5. The highest BCUT2D eigenvalue weighted by atomic mass is 14.0. The van der Waals surface area contributed by atoms with Gasteiger partial charge in [-0.15, -0.1) is 0 Å². The highest BCUT2D eigenvalue weighted by Crippen LogP contribution is 2.12. The summed E-state index contributed by atoms with van der Waals surface area (Å²) < 4.78 is 0. The van der Waals surface area contributed by atoms with E-state index >= 15 is 0 Å². The molecule has 0 nitrogen and oxygen atoms in total. The molecule has 0 N–H and O–H groups in total. The van der Waals surface area contributed by atoms with E-state index in [1.54, 1.807) is 0 Å². The Morgan fingerprint density at radius 2 is 1.57 bits per heavy atom. The van der Waals surface area contributed by atoms with Gasteiger partial charge in [-0.25, -0.2) is 0 Å². The van der Waals surface area contributed by atoms with Crippen LogP contribution in [0.1, 0.15) is 48.0 Å². The molecule has 0 aliphatic rings. The average Bonchev–Trinajstić information content (AvgIpc) is 2.43. The predicted molar refractivity (Wildman–Crippen MR) is 98.4 cm³/mol. The molecule has 0 heteroatoms. The zero-order valence-corrected chi connectivity index (χ0v) is 14.5. The van der Waals surface area contributed by atoms with Crippen LogP contribution in [0.25, 0.3) is 0 Å². The number of allylic oxidation sites excluding steroid dienone is 13. The molecule has 0 saturated heterocycles. The van der Waals surface area contributed by atoms with Gasteiger partial charge in [0.25, 0.3) is 0 Å². The van der Waals surface area contributed by atoms with Crippen LogP contribution in [0, 0.1) is 0 Å². The van der Waals surface area contributed by atoms with Crippen LogP contribution >= 0.6 is 0 Å². The highest BCUT2D eigenvalue weighted by Gasteiger charge is 1.92. The van der Waals surface area contributed by atoms with Crippen molar-refractivity contribution in [3.63, 3.8) is 0 Å². The van der Waals surface area contributed by atoms with Gasteiger partial charge in [0.05, 0.1) is 0 Å². The van der Waals surface area contributed by atoms with E-state index in [2.05, 4.69) is 77.7 Å². The molecule has 0 atom stereocenters. The molecule has 21 heavy (non-hydrogen) atoms. The van der Waals surface area contributed by atoms with Crippen LogP contribution in [0.2, 0.25) is 0 Å². The first-order valence-corrected chi connectivity index (χ1v) is 7.52. The van der Waals surface area contributed by atoms with Gasteiger partial charge >= 0.3 is 0 Å². The summed E-state index contributed by atoms with van der Waals surface area (Å²) in [6.07, 6.45) is 17.9. The van der Waals surface area contributed by atoms with Crippen molar-refractivity contribution in [3.05, 3.63) is 83.1 Å². The second-order valence-corrected chi connectivity index (χ2v) is 5.49. The Labute approximate surface area is 131 Å². The SMILES string of the molecule is C=C\C(C)=C(C)/C=C(C)/C=C(\C)C/C=C/C(C)=C\C=C\C. The minimum absolute atomic E-state index is 0.982. The van der Waals surface area contributed by atoms with Gasteiger partial charge < -0.3 is 0 Å². The topological polar surface area (TPSA) is 0 Å². The largest absolute Gasteiger partial charge is 0.0988 e. The van der Waals surface area contributed by atoms with Gasteiger partial charge in [-0.1, -0.05) is 71.9 Å². The van der Waals surface area contributed by atoms with Crippen molar-refractivity contribution < 1.29 is 0 Å². The molecular weight excluding hydrogens is 252 g/mol. The number of hydrogen-bond donors (Lipinski definition) is 0. The Morgan fingerprint density at radius 3 is 2.14 bits per heavy atom. The van der Waals surface area contributed by atoms with Crippen LogP contribution in [-0.2, 0) is 0 Å².